The number of nitrogens with zero attached hydrogens (tertiary/aromatic N) is 2. The van der Waals surface area contributed by atoms with E-state index in [1.165, 1.54) is 12.1 Å². The van der Waals surface area contributed by atoms with Crippen LogP contribution >= 0.6 is 0 Å². The number of nitrogens with two attached hydrogens (primary N) is 1. The van der Waals surface area contributed by atoms with E-state index in [-0.39, 0.29) is 24.6 Å². The minimum Gasteiger partial charge on any atom is -0.369 e. The second kappa shape index (κ2) is 8.04. The molecule has 1 heterocycles. The second-order valence-corrected chi connectivity index (χ2v) is 6.56. The molecule has 3 rings (SSSR count). The van der Waals surface area contributed by atoms with Crippen LogP contribution in [0.4, 0.5) is 10.1 Å². The summed E-state index contributed by atoms with van der Waals surface area (Å²) in [5.41, 5.74) is 9.55. The predicted molar refractivity (Wildman–Crippen MR) is 105 cm³/mol. The summed E-state index contributed by atoms with van der Waals surface area (Å²) in [6.07, 6.45) is 0.181. The molecule has 0 aliphatic heterocycles. The average Bonchev–Trinajstić information content (AvgIpc) is 2.92. The summed E-state index contributed by atoms with van der Waals surface area (Å²) in [5, 5.41) is 7.32. The molecule has 0 atom stereocenters. The van der Waals surface area contributed by atoms with Crippen LogP contribution in [0.25, 0.3) is 5.69 Å². The van der Waals surface area contributed by atoms with Crippen LogP contribution < -0.4 is 11.1 Å². The molecule has 2 aromatic carbocycles. The first kappa shape index (κ1) is 19.3. The highest BCUT2D eigenvalue weighted by atomic mass is 19.1. The standard InChI is InChI=1S/C21H21FN4O2/c1-13-18(14(2)26(25-13)17-9-7-16(22)8-10-17)12-21(28)24-19-6-4-3-5-15(19)11-20(23)27/h3-10H,11-12H2,1-2H3,(H2,23,27)(H,24,28). The average molecular weight is 380 g/mol. The Bertz CT molecular complexity index is 1030. The molecule has 144 valence electrons. The molecular weight excluding hydrogens is 359 g/mol. The number of carbonyl (C=O) groups is 2. The molecule has 0 aliphatic carbocycles. The van der Waals surface area contributed by atoms with Gasteiger partial charge >= 0.3 is 0 Å². The summed E-state index contributed by atoms with van der Waals surface area (Å²) in [6, 6.07) is 13.1. The van der Waals surface area contributed by atoms with E-state index >= 15 is 0 Å². The lowest BCUT2D eigenvalue weighted by Gasteiger charge is -2.10. The summed E-state index contributed by atoms with van der Waals surface area (Å²) >= 11 is 0. The third kappa shape index (κ3) is 4.25. The quantitative estimate of drug-likeness (QED) is 0.689. The van der Waals surface area contributed by atoms with Gasteiger partial charge in [0.05, 0.1) is 24.2 Å². The van der Waals surface area contributed by atoms with E-state index in [1.807, 2.05) is 13.8 Å². The van der Waals surface area contributed by atoms with Gasteiger partial charge < -0.3 is 11.1 Å². The number of hydrogen-bond acceptors (Lipinski definition) is 3. The molecule has 0 aliphatic rings. The minimum atomic E-state index is -0.464. The Morgan fingerprint density at radius 3 is 2.43 bits per heavy atom. The van der Waals surface area contributed by atoms with Gasteiger partial charge in [-0.3, -0.25) is 9.59 Å². The molecule has 6 nitrogen and oxygen atoms in total. The first-order valence-electron chi connectivity index (χ1n) is 8.82. The van der Waals surface area contributed by atoms with Crippen molar-refractivity contribution in [3.8, 4) is 5.69 Å². The number of anilines is 1. The number of hydrogen-bond donors (Lipinski definition) is 2. The zero-order valence-corrected chi connectivity index (χ0v) is 15.7. The Labute approximate surface area is 162 Å². The van der Waals surface area contributed by atoms with Crippen molar-refractivity contribution >= 4 is 17.5 Å². The number of aryl methyl sites for hydroxylation is 1. The van der Waals surface area contributed by atoms with Gasteiger partial charge in [-0.15, -0.1) is 0 Å². The van der Waals surface area contributed by atoms with Crippen LogP contribution in [0, 0.1) is 19.7 Å². The number of primary amides is 1. The van der Waals surface area contributed by atoms with Crippen LogP contribution in [0.5, 0.6) is 0 Å². The van der Waals surface area contributed by atoms with Gasteiger partial charge in [-0.25, -0.2) is 9.07 Å². The molecule has 0 saturated heterocycles. The number of aromatic nitrogens is 2. The van der Waals surface area contributed by atoms with Gasteiger partial charge in [-0.2, -0.15) is 5.10 Å². The van der Waals surface area contributed by atoms with Crippen molar-refractivity contribution in [2.24, 2.45) is 5.73 Å². The van der Waals surface area contributed by atoms with Gasteiger partial charge in [0.2, 0.25) is 11.8 Å². The van der Waals surface area contributed by atoms with Gasteiger partial charge in [0.1, 0.15) is 5.82 Å². The van der Waals surface area contributed by atoms with E-state index in [0.717, 1.165) is 22.6 Å². The van der Waals surface area contributed by atoms with Crippen LogP contribution in [-0.2, 0) is 22.4 Å². The maximum absolute atomic E-state index is 13.2. The second-order valence-electron chi connectivity index (χ2n) is 6.56. The highest BCUT2D eigenvalue weighted by molar-refractivity contribution is 5.94. The highest BCUT2D eigenvalue weighted by Crippen LogP contribution is 2.20. The number of benzene rings is 2. The fourth-order valence-corrected chi connectivity index (χ4v) is 3.10. The van der Waals surface area contributed by atoms with E-state index in [4.69, 9.17) is 5.73 Å². The Morgan fingerprint density at radius 2 is 1.75 bits per heavy atom. The molecule has 0 bridgehead atoms. The zero-order valence-electron chi connectivity index (χ0n) is 15.7. The van der Waals surface area contributed by atoms with Crippen molar-refractivity contribution in [1.29, 1.82) is 0 Å². The maximum Gasteiger partial charge on any atom is 0.228 e. The van der Waals surface area contributed by atoms with Crippen molar-refractivity contribution in [1.82, 2.24) is 9.78 Å². The predicted octanol–water partition coefficient (Wildman–Crippen LogP) is 2.84. The van der Waals surface area contributed by atoms with Crippen molar-refractivity contribution in [3.05, 3.63) is 76.9 Å². The van der Waals surface area contributed by atoms with Gasteiger partial charge in [0.15, 0.2) is 0 Å². The Balaban J connectivity index is 1.80. The molecule has 3 aromatic rings. The molecule has 7 heteroatoms. The minimum absolute atomic E-state index is 0.0526. The molecular formula is C21H21FN4O2. The number of carbonyl (C=O) groups excluding carboxylic acids is 2. The lowest BCUT2D eigenvalue weighted by Crippen LogP contribution is -2.19. The highest BCUT2D eigenvalue weighted by Gasteiger charge is 2.17. The van der Waals surface area contributed by atoms with E-state index in [2.05, 4.69) is 10.4 Å². The first-order chi connectivity index (χ1) is 13.3. The van der Waals surface area contributed by atoms with Crippen molar-refractivity contribution in [2.45, 2.75) is 26.7 Å². The normalized spacial score (nSPS) is 10.7. The fraction of sp³-hybridized carbons (Fsp3) is 0.190. The van der Waals surface area contributed by atoms with Crippen LogP contribution in [0.3, 0.4) is 0 Å². The lowest BCUT2D eigenvalue weighted by atomic mass is 10.1. The molecule has 0 fully saturated rings. The number of halogens is 1. The molecule has 0 radical (unpaired) electrons. The number of para-hydroxylation sites is 1. The van der Waals surface area contributed by atoms with Crippen molar-refractivity contribution in [3.63, 3.8) is 0 Å². The SMILES string of the molecule is Cc1nn(-c2ccc(F)cc2)c(C)c1CC(=O)Nc1ccccc1CC(N)=O. The van der Waals surface area contributed by atoms with Gasteiger partial charge in [-0.1, -0.05) is 18.2 Å². The smallest absolute Gasteiger partial charge is 0.228 e. The molecule has 3 N–H and O–H groups in total. The van der Waals surface area contributed by atoms with Crippen molar-refractivity contribution < 1.29 is 14.0 Å². The molecule has 1 aromatic heterocycles. The van der Waals surface area contributed by atoms with Crippen LogP contribution in [-0.4, -0.2) is 21.6 Å². The fourth-order valence-electron chi connectivity index (χ4n) is 3.10. The molecule has 28 heavy (non-hydrogen) atoms. The van der Waals surface area contributed by atoms with E-state index in [1.54, 1.807) is 41.1 Å². The maximum atomic E-state index is 13.2. The molecule has 0 spiro atoms. The summed E-state index contributed by atoms with van der Waals surface area (Å²) in [4.78, 5) is 23.8. The molecule has 2 amide bonds. The largest absolute Gasteiger partial charge is 0.369 e. The van der Waals surface area contributed by atoms with Crippen LogP contribution in [0.1, 0.15) is 22.5 Å². The topological polar surface area (TPSA) is 90.0 Å². The Morgan fingerprint density at radius 1 is 1.07 bits per heavy atom. The number of amides is 2. The van der Waals surface area contributed by atoms with Crippen LogP contribution in [0.2, 0.25) is 0 Å². The van der Waals surface area contributed by atoms with E-state index in [0.29, 0.717) is 11.3 Å². The lowest BCUT2D eigenvalue weighted by molar-refractivity contribution is -0.117. The van der Waals surface area contributed by atoms with Crippen LogP contribution in [0.15, 0.2) is 48.5 Å². The van der Waals surface area contributed by atoms with E-state index in [9.17, 15) is 14.0 Å². The van der Waals surface area contributed by atoms with Gasteiger partial charge in [0.25, 0.3) is 0 Å². The van der Waals surface area contributed by atoms with Gasteiger partial charge in [-0.05, 0) is 49.7 Å². The van der Waals surface area contributed by atoms with Crippen molar-refractivity contribution in [2.75, 3.05) is 5.32 Å². The number of rotatable bonds is 6. The monoisotopic (exact) mass is 380 g/mol. The molecule has 0 saturated carbocycles. The third-order valence-electron chi connectivity index (χ3n) is 4.51. The summed E-state index contributed by atoms with van der Waals surface area (Å²) in [7, 11) is 0. The summed E-state index contributed by atoms with van der Waals surface area (Å²) < 4.78 is 14.9. The number of nitrogens with one attached hydrogen (secondary N) is 1. The first-order valence-corrected chi connectivity index (χ1v) is 8.82. The molecule has 0 unspecified atom stereocenters. The Hall–Kier alpha value is -3.48. The summed E-state index contributed by atoms with van der Waals surface area (Å²) in [6.45, 7) is 3.70. The van der Waals surface area contributed by atoms with Gasteiger partial charge in [0, 0.05) is 16.9 Å². The third-order valence-corrected chi connectivity index (χ3v) is 4.51. The van der Waals surface area contributed by atoms with E-state index < -0.39 is 5.91 Å². The Kier molecular flexibility index (Phi) is 5.54. The zero-order chi connectivity index (χ0) is 20.3. The summed E-state index contributed by atoms with van der Waals surface area (Å²) in [5.74, 6) is -1.00.